The summed E-state index contributed by atoms with van der Waals surface area (Å²) in [6.45, 7) is 0.563. The first-order chi connectivity index (χ1) is 13.1. The second-order valence-electron chi connectivity index (χ2n) is 6.29. The molecular formula is C21H17BrN2O3. The van der Waals surface area contributed by atoms with E-state index in [2.05, 4.69) is 21.2 Å². The van der Waals surface area contributed by atoms with Crippen molar-refractivity contribution in [2.75, 3.05) is 19.2 Å². The predicted octanol–water partition coefficient (Wildman–Crippen LogP) is 4.41. The highest BCUT2D eigenvalue weighted by Gasteiger charge is 2.33. The second kappa shape index (κ2) is 7.13. The lowest BCUT2D eigenvalue weighted by Crippen LogP contribution is -2.41. The molecule has 4 rings (SSSR count). The van der Waals surface area contributed by atoms with E-state index in [0.29, 0.717) is 23.1 Å². The van der Waals surface area contributed by atoms with Crippen LogP contribution in [0.5, 0.6) is 0 Å². The van der Waals surface area contributed by atoms with Gasteiger partial charge in [-0.25, -0.2) is 0 Å². The summed E-state index contributed by atoms with van der Waals surface area (Å²) in [5, 5.41) is 4.97. The van der Waals surface area contributed by atoms with Gasteiger partial charge in [0.05, 0.1) is 0 Å². The maximum absolute atomic E-state index is 12.7. The number of halogens is 1. The number of hydrogen-bond acceptors (Lipinski definition) is 4. The van der Waals surface area contributed by atoms with Crippen molar-refractivity contribution in [2.45, 2.75) is 6.54 Å². The van der Waals surface area contributed by atoms with E-state index in [1.54, 1.807) is 12.1 Å². The number of benzene rings is 3. The van der Waals surface area contributed by atoms with Crippen molar-refractivity contribution in [1.82, 2.24) is 4.90 Å². The van der Waals surface area contributed by atoms with E-state index in [0.717, 1.165) is 26.0 Å². The number of carbonyl (C=O) groups is 2. The number of anilines is 1. The monoisotopic (exact) mass is 424 g/mol. The fourth-order valence-corrected chi connectivity index (χ4v) is 3.80. The van der Waals surface area contributed by atoms with Crippen LogP contribution in [0.3, 0.4) is 0 Å². The third kappa shape index (κ3) is 3.01. The van der Waals surface area contributed by atoms with Gasteiger partial charge in [0.1, 0.15) is 6.73 Å². The number of hydrogen-bond donors (Lipinski definition) is 1. The lowest BCUT2D eigenvalue weighted by Gasteiger charge is -2.27. The van der Waals surface area contributed by atoms with Crippen LogP contribution in [-0.4, -0.2) is 30.6 Å². The van der Waals surface area contributed by atoms with E-state index >= 15 is 0 Å². The van der Waals surface area contributed by atoms with E-state index in [1.165, 1.54) is 7.11 Å². The van der Waals surface area contributed by atoms with Crippen molar-refractivity contribution in [3.05, 3.63) is 75.8 Å². The summed E-state index contributed by atoms with van der Waals surface area (Å²) in [6, 6.07) is 17.2. The van der Waals surface area contributed by atoms with Gasteiger partial charge in [0.15, 0.2) is 0 Å². The Bertz CT molecular complexity index is 1040. The highest BCUT2D eigenvalue weighted by atomic mass is 79.9. The number of methoxy groups -OCH3 is 1. The molecule has 1 heterocycles. The molecule has 0 aromatic heterocycles. The molecule has 0 bridgehead atoms. The molecule has 0 atom stereocenters. The average Bonchev–Trinajstić information content (AvgIpc) is 2.69. The highest BCUT2D eigenvalue weighted by Crippen LogP contribution is 2.34. The molecule has 0 fully saturated rings. The Morgan fingerprint density at radius 3 is 2.44 bits per heavy atom. The second-order valence-corrected chi connectivity index (χ2v) is 7.14. The van der Waals surface area contributed by atoms with Crippen LogP contribution in [0.2, 0.25) is 0 Å². The Labute approximate surface area is 165 Å². The van der Waals surface area contributed by atoms with Gasteiger partial charge in [0.2, 0.25) is 0 Å². The molecule has 0 spiro atoms. The Balaban J connectivity index is 1.76. The zero-order chi connectivity index (χ0) is 19.0. The summed E-state index contributed by atoms with van der Waals surface area (Å²) in [6.07, 6.45) is 0. The normalized spacial score (nSPS) is 13.3. The molecule has 6 heteroatoms. The Hall–Kier alpha value is -2.70. The van der Waals surface area contributed by atoms with E-state index in [9.17, 15) is 9.59 Å². The van der Waals surface area contributed by atoms with Crippen LogP contribution in [0.25, 0.3) is 10.8 Å². The van der Waals surface area contributed by atoms with Gasteiger partial charge >= 0.3 is 0 Å². The number of imide groups is 1. The first-order valence-electron chi connectivity index (χ1n) is 8.50. The minimum Gasteiger partial charge on any atom is -0.380 e. The molecule has 3 aromatic carbocycles. The molecule has 0 radical (unpaired) electrons. The molecule has 136 valence electrons. The van der Waals surface area contributed by atoms with E-state index in [1.807, 2.05) is 42.5 Å². The van der Waals surface area contributed by atoms with Gasteiger partial charge in [-0.2, -0.15) is 0 Å². The van der Waals surface area contributed by atoms with Crippen molar-refractivity contribution in [3.8, 4) is 0 Å². The van der Waals surface area contributed by atoms with Crippen molar-refractivity contribution in [3.63, 3.8) is 0 Å². The van der Waals surface area contributed by atoms with E-state index in [4.69, 9.17) is 4.74 Å². The molecule has 0 unspecified atom stereocenters. The summed E-state index contributed by atoms with van der Waals surface area (Å²) in [5.74, 6) is -0.661. The van der Waals surface area contributed by atoms with Gasteiger partial charge in [-0.15, -0.1) is 0 Å². The largest absolute Gasteiger partial charge is 0.380 e. The Morgan fingerprint density at radius 1 is 0.963 bits per heavy atom. The maximum atomic E-state index is 12.7. The van der Waals surface area contributed by atoms with Crippen LogP contribution >= 0.6 is 15.9 Å². The third-order valence-electron chi connectivity index (χ3n) is 4.68. The first kappa shape index (κ1) is 17.7. The molecule has 27 heavy (non-hydrogen) atoms. The molecule has 1 N–H and O–H groups in total. The smallest absolute Gasteiger partial charge is 0.263 e. The third-order valence-corrected chi connectivity index (χ3v) is 5.45. The molecule has 0 saturated carbocycles. The molecule has 1 aliphatic rings. The molecule has 5 nitrogen and oxygen atoms in total. The minimum atomic E-state index is -0.331. The predicted molar refractivity (Wildman–Crippen MR) is 108 cm³/mol. The summed E-state index contributed by atoms with van der Waals surface area (Å²) >= 11 is 3.55. The SMILES string of the molecule is COCN1C(=O)c2cccc3c(NCc4ccccc4Br)ccc(c23)C1=O. The number of nitrogens with zero attached hydrogens (tertiary/aromatic N) is 1. The van der Waals surface area contributed by atoms with Gasteiger partial charge in [0.25, 0.3) is 11.8 Å². The number of carbonyl (C=O) groups excluding carboxylic acids is 2. The van der Waals surface area contributed by atoms with Gasteiger partial charge in [-0.05, 0) is 29.8 Å². The zero-order valence-electron chi connectivity index (χ0n) is 14.7. The van der Waals surface area contributed by atoms with Gasteiger partial charge in [-0.1, -0.05) is 46.3 Å². The standard InChI is InChI=1S/C21H17BrN2O3/c1-27-12-24-20(25)15-7-4-6-14-18(10-9-16(19(14)15)21(24)26)23-11-13-5-2-3-8-17(13)22/h2-10,23H,11-12H2,1H3. The molecule has 3 aromatic rings. The quantitative estimate of drug-likeness (QED) is 0.616. The van der Waals surface area contributed by atoms with Crippen molar-refractivity contribution >= 4 is 44.2 Å². The lowest BCUT2D eigenvalue weighted by molar-refractivity contribution is 0.0346. The highest BCUT2D eigenvalue weighted by molar-refractivity contribution is 9.10. The summed E-state index contributed by atoms with van der Waals surface area (Å²) in [5.41, 5.74) is 3.04. The summed E-state index contributed by atoms with van der Waals surface area (Å²) in [7, 11) is 1.46. The van der Waals surface area contributed by atoms with Crippen LogP contribution in [-0.2, 0) is 11.3 Å². The van der Waals surface area contributed by atoms with Gasteiger partial charge in [0, 0.05) is 45.7 Å². The van der Waals surface area contributed by atoms with E-state index in [-0.39, 0.29) is 18.5 Å². The summed E-state index contributed by atoms with van der Waals surface area (Å²) in [4.78, 5) is 26.6. The maximum Gasteiger partial charge on any atom is 0.263 e. The van der Waals surface area contributed by atoms with Crippen LogP contribution in [0.4, 0.5) is 5.69 Å². The van der Waals surface area contributed by atoms with Crippen molar-refractivity contribution in [1.29, 1.82) is 0 Å². The lowest BCUT2D eigenvalue weighted by atomic mass is 9.93. The molecule has 1 aliphatic heterocycles. The fraction of sp³-hybridized carbons (Fsp3) is 0.143. The molecule has 0 aliphatic carbocycles. The van der Waals surface area contributed by atoms with Crippen molar-refractivity contribution in [2.24, 2.45) is 0 Å². The molecular weight excluding hydrogens is 408 g/mol. The number of rotatable bonds is 5. The van der Waals surface area contributed by atoms with Crippen LogP contribution in [0.1, 0.15) is 26.3 Å². The Kier molecular flexibility index (Phi) is 4.68. The molecule has 0 saturated heterocycles. The van der Waals surface area contributed by atoms with Gasteiger partial charge in [-0.3, -0.25) is 14.5 Å². The van der Waals surface area contributed by atoms with E-state index < -0.39 is 0 Å². The number of ether oxygens (including phenoxy) is 1. The van der Waals surface area contributed by atoms with Crippen LogP contribution in [0.15, 0.2) is 59.1 Å². The molecule has 2 amide bonds. The van der Waals surface area contributed by atoms with Crippen molar-refractivity contribution < 1.29 is 14.3 Å². The topological polar surface area (TPSA) is 58.6 Å². The van der Waals surface area contributed by atoms with Crippen LogP contribution < -0.4 is 5.32 Å². The number of nitrogens with one attached hydrogen (secondary N) is 1. The fourth-order valence-electron chi connectivity index (χ4n) is 3.38. The first-order valence-corrected chi connectivity index (χ1v) is 9.29. The van der Waals surface area contributed by atoms with Gasteiger partial charge < -0.3 is 10.1 Å². The average molecular weight is 425 g/mol. The van der Waals surface area contributed by atoms with Crippen LogP contribution in [0, 0.1) is 0 Å². The minimum absolute atomic E-state index is 0.0600. The zero-order valence-corrected chi connectivity index (χ0v) is 16.2. The Morgan fingerprint density at radius 2 is 1.70 bits per heavy atom. The number of amides is 2. The summed E-state index contributed by atoms with van der Waals surface area (Å²) < 4.78 is 6.05.